The van der Waals surface area contributed by atoms with Crippen LogP contribution in [0, 0.1) is 17.0 Å². The minimum Gasteiger partial charge on any atom is -0.258 e. The van der Waals surface area contributed by atoms with Crippen LogP contribution >= 0.6 is 15.9 Å². The molecule has 116 valence electrons. The molecule has 0 radical (unpaired) electrons. The quantitative estimate of drug-likeness (QED) is 0.496. The van der Waals surface area contributed by atoms with Crippen LogP contribution in [0.2, 0.25) is 0 Å². The molecule has 0 spiro atoms. The van der Waals surface area contributed by atoms with Crippen LogP contribution < -0.4 is 4.72 Å². The minimum absolute atomic E-state index is 0.0260. The van der Waals surface area contributed by atoms with Crippen molar-refractivity contribution in [3.8, 4) is 0 Å². The molecule has 0 amide bonds. The highest BCUT2D eigenvalue weighted by Crippen LogP contribution is 2.27. The van der Waals surface area contributed by atoms with Gasteiger partial charge in [0, 0.05) is 23.0 Å². The maximum Gasteiger partial charge on any atom is 0.270 e. The Morgan fingerprint density at radius 3 is 2.62 bits per heavy atom. The van der Waals surface area contributed by atoms with Crippen molar-refractivity contribution >= 4 is 31.6 Å². The number of benzene rings is 1. The third-order valence-corrected chi connectivity index (χ3v) is 6.39. The van der Waals surface area contributed by atoms with E-state index in [9.17, 15) is 18.5 Å². The van der Waals surface area contributed by atoms with Crippen molar-refractivity contribution in [1.82, 2.24) is 4.72 Å². The first-order chi connectivity index (χ1) is 9.81. The molecule has 8 heteroatoms. The van der Waals surface area contributed by atoms with Gasteiger partial charge in [0.25, 0.3) is 5.69 Å². The molecule has 6 nitrogen and oxygen atoms in total. The standard InChI is InChI=1S/C13H17BrN2O4S/c1-9-6-7-10(16(17)18)8-13(9)21(19,20)15-12-5-3-2-4-11(12)14/h6-8,11-12,15H,2-5H2,1H3. The Morgan fingerprint density at radius 2 is 2.00 bits per heavy atom. The summed E-state index contributed by atoms with van der Waals surface area (Å²) >= 11 is 3.50. The van der Waals surface area contributed by atoms with Gasteiger partial charge in [0.2, 0.25) is 10.0 Å². The van der Waals surface area contributed by atoms with E-state index < -0.39 is 14.9 Å². The SMILES string of the molecule is Cc1ccc([N+](=O)[O-])cc1S(=O)(=O)NC1CCCCC1Br. The Hall–Kier alpha value is -0.990. The fourth-order valence-electron chi connectivity index (χ4n) is 2.47. The molecule has 0 aromatic heterocycles. The van der Waals surface area contributed by atoms with Gasteiger partial charge in [-0.3, -0.25) is 10.1 Å². The fourth-order valence-corrected chi connectivity index (χ4v) is 4.94. The Morgan fingerprint density at radius 1 is 1.33 bits per heavy atom. The van der Waals surface area contributed by atoms with Crippen LogP contribution in [0.15, 0.2) is 23.1 Å². The highest BCUT2D eigenvalue weighted by molar-refractivity contribution is 9.09. The summed E-state index contributed by atoms with van der Waals surface area (Å²) in [5, 5.41) is 10.8. The lowest BCUT2D eigenvalue weighted by Crippen LogP contribution is -2.42. The van der Waals surface area contributed by atoms with E-state index >= 15 is 0 Å². The van der Waals surface area contributed by atoms with Gasteiger partial charge < -0.3 is 0 Å². The summed E-state index contributed by atoms with van der Waals surface area (Å²) in [7, 11) is -3.76. The normalized spacial score (nSPS) is 23.0. The van der Waals surface area contributed by atoms with Gasteiger partial charge in [-0.2, -0.15) is 0 Å². The number of alkyl halides is 1. The number of nitrogens with one attached hydrogen (secondary N) is 1. The Bertz CT molecular complexity index is 648. The zero-order chi connectivity index (χ0) is 15.6. The Kier molecular flexibility index (Phi) is 5.00. The molecule has 0 bridgehead atoms. The van der Waals surface area contributed by atoms with Crippen molar-refractivity contribution in [1.29, 1.82) is 0 Å². The van der Waals surface area contributed by atoms with Gasteiger partial charge in [-0.05, 0) is 25.3 Å². The molecule has 1 saturated carbocycles. The lowest BCUT2D eigenvalue weighted by molar-refractivity contribution is -0.385. The smallest absolute Gasteiger partial charge is 0.258 e. The number of rotatable bonds is 4. The molecule has 2 atom stereocenters. The average molecular weight is 377 g/mol. The van der Waals surface area contributed by atoms with E-state index in [2.05, 4.69) is 20.7 Å². The molecule has 0 saturated heterocycles. The van der Waals surface area contributed by atoms with E-state index in [0.717, 1.165) is 31.7 Å². The second-order valence-electron chi connectivity index (χ2n) is 5.24. The maximum absolute atomic E-state index is 12.5. The van der Waals surface area contributed by atoms with Crippen LogP contribution in [-0.4, -0.2) is 24.2 Å². The number of sulfonamides is 1. The van der Waals surface area contributed by atoms with Gasteiger partial charge in [0.1, 0.15) is 0 Å². The zero-order valence-corrected chi connectivity index (χ0v) is 14.0. The molecule has 1 aliphatic carbocycles. The Labute approximate surface area is 132 Å². The summed E-state index contributed by atoms with van der Waals surface area (Å²) < 4.78 is 27.6. The second kappa shape index (κ2) is 6.41. The van der Waals surface area contributed by atoms with Crippen molar-refractivity contribution in [2.45, 2.75) is 48.4 Å². The van der Waals surface area contributed by atoms with E-state index in [4.69, 9.17) is 0 Å². The van der Waals surface area contributed by atoms with Crippen molar-refractivity contribution in [2.75, 3.05) is 0 Å². The maximum atomic E-state index is 12.5. The molecule has 1 aliphatic rings. The largest absolute Gasteiger partial charge is 0.270 e. The zero-order valence-electron chi connectivity index (χ0n) is 11.6. The molecule has 2 unspecified atom stereocenters. The summed E-state index contributed by atoms with van der Waals surface area (Å²) in [6, 6.07) is 3.70. The van der Waals surface area contributed by atoms with Crippen LogP contribution in [0.5, 0.6) is 0 Å². The first-order valence-corrected chi connectivity index (χ1v) is 9.12. The number of aryl methyl sites for hydroxylation is 1. The van der Waals surface area contributed by atoms with Crippen molar-refractivity contribution in [2.24, 2.45) is 0 Å². The molecule has 0 aliphatic heterocycles. The van der Waals surface area contributed by atoms with Crippen LogP contribution in [0.1, 0.15) is 31.2 Å². The molecule has 1 fully saturated rings. The summed E-state index contributed by atoms with van der Waals surface area (Å²) in [5.74, 6) is 0. The first-order valence-electron chi connectivity index (χ1n) is 6.73. The number of nitro benzene ring substituents is 1. The highest BCUT2D eigenvalue weighted by Gasteiger charge is 2.29. The number of halogens is 1. The first kappa shape index (κ1) is 16.4. The van der Waals surface area contributed by atoms with Crippen LogP contribution in [0.3, 0.4) is 0 Å². The highest BCUT2D eigenvalue weighted by atomic mass is 79.9. The van der Waals surface area contributed by atoms with Crippen molar-refractivity contribution in [3.05, 3.63) is 33.9 Å². The molecule has 1 aromatic carbocycles. The molecular weight excluding hydrogens is 360 g/mol. The van der Waals surface area contributed by atoms with E-state index in [1.807, 2.05) is 0 Å². The number of hydrogen-bond acceptors (Lipinski definition) is 4. The summed E-state index contributed by atoms with van der Waals surface area (Å²) in [6.45, 7) is 1.63. The topological polar surface area (TPSA) is 89.3 Å². The number of non-ortho nitro benzene ring substituents is 1. The number of nitro groups is 1. The number of nitrogens with zero attached hydrogens (tertiary/aromatic N) is 1. The van der Waals surface area contributed by atoms with Crippen LogP contribution in [0.25, 0.3) is 0 Å². The molecule has 2 rings (SSSR count). The van der Waals surface area contributed by atoms with E-state index in [-0.39, 0.29) is 21.5 Å². The summed E-state index contributed by atoms with van der Waals surface area (Å²) in [5.41, 5.74) is 0.273. The van der Waals surface area contributed by atoms with E-state index in [1.54, 1.807) is 6.92 Å². The van der Waals surface area contributed by atoms with Crippen LogP contribution in [-0.2, 0) is 10.0 Å². The van der Waals surface area contributed by atoms with Gasteiger partial charge in [0.15, 0.2) is 0 Å². The third kappa shape index (κ3) is 3.81. The molecule has 1 N–H and O–H groups in total. The van der Waals surface area contributed by atoms with Crippen molar-refractivity contribution in [3.63, 3.8) is 0 Å². The lowest BCUT2D eigenvalue weighted by Gasteiger charge is -2.28. The third-order valence-electron chi connectivity index (χ3n) is 3.66. The van der Waals surface area contributed by atoms with Gasteiger partial charge in [-0.1, -0.05) is 34.8 Å². The van der Waals surface area contributed by atoms with Gasteiger partial charge in [-0.25, -0.2) is 13.1 Å². The number of hydrogen-bond donors (Lipinski definition) is 1. The van der Waals surface area contributed by atoms with Crippen molar-refractivity contribution < 1.29 is 13.3 Å². The Balaban J connectivity index is 2.30. The molecular formula is C13H17BrN2O4S. The van der Waals surface area contributed by atoms with E-state index in [0.29, 0.717) is 5.56 Å². The monoisotopic (exact) mass is 376 g/mol. The molecule has 1 aromatic rings. The average Bonchev–Trinajstić information content (AvgIpc) is 2.41. The molecule has 21 heavy (non-hydrogen) atoms. The second-order valence-corrected chi connectivity index (χ2v) is 8.09. The van der Waals surface area contributed by atoms with Gasteiger partial charge in [0.05, 0.1) is 9.82 Å². The summed E-state index contributed by atoms with van der Waals surface area (Å²) in [6.07, 6.45) is 3.73. The van der Waals surface area contributed by atoms with E-state index in [1.165, 1.54) is 12.1 Å². The van der Waals surface area contributed by atoms with Crippen LogP contribution in [0.4, 0.5) is 5.69 Å². The predicted molar refractivity (Wildman–Crippen MR) is 83.1 cm³/mol. The van der Waals surface area contributed by atoms with Gasteiger partial charge in [-0.15, -0.1) is 0 Å². The van der Waals surface area contributed by atoms with Gasteiger partial charge >= 0.3 is 0 Å². The summed E-state index contributed by atoms with van der Waals surface area (Å²) in [4.78, 5) is 10.3. The predicted octanol–water partition coefficient (Wildman–Crippen LogP) is 2.89. The molecule has 0 heterocycles. The minimum atomic E-state index is -3.76. The fraction of sp³-hybridized carbons (Fsp3) is 0.538. The lowest BCUT2D eigenvalue weighted by atomic mass is 9.96.